The smallest absolute Gasteiger partial charge is 0.356 e. The number of nitrogens with one attached hydrogen (secondary N) is 1. The first-order valence-electron chi connectivity index (χ1n) is 4.08. The van der Waals surface area contributed by atoms with Crippen LogP contribution >= 0.6 is 0 Å². The van der Waals surface area contributed by atoms with Gasteiger partial charge in [-0.25, -0.2) is 9.78 Å². The van der Waals surface area contributed by atoms with Crippen LogP contribution in [0, 0.1) is 0 Å². The molecular formula is C9H10N2O2. The van der Waals surface area contributed by atoms with Crippen LogP contribution in [0.4, 0.5) is 0 Å². The first-order chi connectivity index (χ1) is 6.33. The van der Waals surface area contributed by atoms with E-state index in [1.165, 1.54) is 7.11 Å². The molecule has 2 heterocycles. The molecule has 1 aromatic rings. The molecule has 4 nitrogen and oxygen atoms in total. The van der Waals surface area contributed by atoms with Gasteiger partial charge in [-0.2, -0.15) is 0 Å². The highest BCUT2D eigenvalue weighted by atomic mass is 16.5. The summed E-state index contributed by atoms with van der Waals surface area (Å²) in [5, 5.41) is 3.16. The molecule has 13 heavy (non-hydrogen) atoms. The van der Waals surface area contributed by atoms with Crippen LogP contribution in [0.1, 0.15) is 21.6 Å². The minimum Gasteiger partial charge on any atom is -0.464 e. The van der Waals surface area contributed by atoms with Crippen molar-refractivity contribution in [2.24, 2.45) is 0 Å². The number of methoxy groups -OCH3 is 1. The molecular weight excluding hydrogens is 168 g/mol. The largest absolute Gasteiger partial charge is 0.464 e. The van der Waals surface area contributed by atoms with Gasteiger partial charge in [0.2, 0.25) is 0 Å². The first-order valence-corrected chi connectivity index (χ1v) is 4.08. The number of hydrogen-bond acceptors (Lipinski definition) is 4. The van der Waals surface area contributed by atoms with E-state index < -0.39 is 0 Å². The van der Waals surface area contributed by atoms with E-state index in [4.69, 9.17) is 0 Å². The molecule has 0 radical (unpaired) electrons. The quantitative estimate of drug-likeness (QED) is 0.635. The predicted octanol–water partition coefficient (Wildman–Crippen LogP) is 0.471. The molecule has 0 saturated carbocycles. The topological polar surface area (TPSA) is 51.2 Å². The van der Waals surface area contributed by atoms with E-state index in [-0.39, 0.29) is 5.97 Å². The zero-order chi connectivity index (χ0) is 9.26. The van der Waals surface area contributed by atoms with E-state index in [1.54, 1.807) is 6.20 Å². The van der Waals surface area contributed by atoms with Crippen LogP contribution in [0.5, 0.6) is 0 Å². The lowest BCUT2D eigenvalue weighted by Gasteiger charge is -2.03. The minimum absolute atomic E-state index is 0.361. The second-order valence-electron chi connectivity index (χ2n) is 2.89. The number of pyridine rings is 1. The fourth-order valence-corrected chi connectivity index (χ4v) is 1.49. The highest BCUT2D eigenvalue weighted by molar-refractivity contribution is 5.89. The number of carbonyl (C=O) groups is 1. The molecule has 0 atom stereocenters. The van der Waals surface area contributed by atoms with Gasteiger partial charge in [0.05, 0.1) is 7.11 Å². The number of nitrogens with zero attached hydrogens (tertiary/aromatic N) is 1. The maximum Gasteiger partial charge on any atom is 0.356 e. The molecule has 2 rings (SSSR count). The Bertz CT molecular complexity index is 349. The number of hydrogen-bond donors (Lipinski definition) is 1. The second-order valence-corrected chi connectivity index (χ2v) is 2.89. The molecule has 4 heteroatoms. The average Bonchev–Trinajstić information content (AvgIpc) is 2.63. The maximum atomic E-state index is 11.3. The Kier molecular flexibility index (Phi) is 1.98. The molecule has 0 aliphatic carbocycles. The minimum atomic E-state index is -0.361. The van der Waals surface area contributed by atoms with Gasteiger partial charge in [-0.1, -0.05) is 0 Å². The summed E-state index contributed by atoms with van der Waals surface area (Å²) >= 11 is 0. The van der Waals surface area contributed by atoms with Crippen LogP contribution in [0.25, 0.3) is 0 Å². The van der Waals surface area contributed by atoms with Gasteiger partial charge in [-0.15, -0.1) is 0 Å². The zero-order valence-electron chi connectivity index (χ0n) is 7.33. The van der Waals surface area contributed by atoms with E-state index in [9.17, 15) is 4.79 Å². The Balaban J connectivity index is 2.47. The van der Waals surface area contributed by atoms with Crippen LogP contribution < -0.4 is 5.32 Å². The molecule has 1 aliphatic heterocycles. The molecule has 0 aromatic carbocycles. The van der Waals surface area contributed by atoms with Crippen molar-refractivity contribution >= 4 is 5.97 Å². The third kappa shape index (κ3) is 1.29. The summed E-state index contributed by atoms with van der Waals surface area (Å²) in [6, 6.07) is 1.92. The summed E-state index contributed by atoms with van der Waals surface area (Å²) in [6.07, 6.45) is 1.64. The third-order valence-electron chi connectivity index (χ3n) is 2.15. The maximum absolute atomic E-state index is 11.3. The number of aromatic nitrogens is 1. The van der Waals surface area contributed by atoms with Gasteiger partial charge >= 0.3 is 5.97 Å². The van der Waals surface area contributed by atoms with Crippen molar-refractivity contribution in [1.29, 1.82) is 0 Å². The van der Waals surface area contributed by atoms with Crippen molar-refractivity contribution in [3.05, 3.63) is 29.1 Å². The van der Waals surface area contributed by atoms with E-state index in [1.807, 2.05) is 6.07 Å². The van der Waals surface area contributed by atoms with Gasteiger partial charge in [0, 0.05) is 24.8 Å². The van der Waals surface area contributed by atoms with Crippen molar-refractivity contribution in [3.8, 4) is 0 Å². The molecule has 0 spiro atoms. The molecule has 68 valence electrons. The van der Waals surface area contributed by atoms with Crippen LogP contribution in [-0.4, -0.2) is 18.1 Å². The van der Waals surface area contributed by atoms with Crippen LogP contribution in [0.15, 0.2) is 12.3 Å². The van der Waals surface area contributed by atoms with E-state index in [0.717, 1.165) is 17.7 Å². The number of fused-ring (bicyclic) bond motifs is 1. The fourth-order valence-electron chi connectivity index (χ4n) is 1.49. The molecule has 0 unspecified atom stereocenters. The molecule has 0 amide bonds. The van der Waals surface area contributed by atoms with Gasteiger partial charge in [0.25, 0.3) is 0 Å². The van der Waals surface area contributed by atoms with Gasteiger partial charge in [-0.05, 0) is 11.6 Å². The summed E-state index contributed by atoms with van der Waals surface area (Å²) in [6.45, 7) is 1.51. The highest BCUT2D eigenvalue weighted by Gasteiger charge is 2.19. The molecule has 1 N–H and O–H groups in total. The lowest BCUT2D eigenvalue weighted by Crippen LogP contribution is -2.09. The summed E-state index contributed by atoms with van der Waals surface area (Å²) in [5.74, 6) is -0.361. The Morgan fingerprint density at radius 3 is 3.23 bits per heavy atom. The molecule has 0 saturated heterocycles. The Morgan fingerprint density at radius 1 is 1.62 bits per heavy atom. The summed E-state index contributed by atoms with van der Waals surface area (Å²) in [7, 11) is 1.37. The van der Waals surface area contributed by atoms with E-state index >= 15 is 0 Å². The van der Waals surface area contributed by atoms with Gasteiger partial charge < -0.3 is 10.1 Å². The average molecular weight is 178 g/mol. The van der Waals surface area contributed by atoms with Gasteiger partial charge in [0.1, 0.15) is 0 Å². The van der Waals surface area contributed by atoms with Crippen molar-refractivity contribution in [1.82, 2.24) is 10.3 Å². The second kappa shape index (κ2) is 3.14. The number of carbonyl (C=O) groups excluding carboxylic acids is 1. The normalized spacial score (nSPS) is 13.9. The molecule has 1 aromatic heterocycles. The van der Waals surface area contributed by atoms with E-state index in [2.05, 4.69) is 15.0 Å². The summed E-state index contributed by atoms with van der Waals surface area (Å²) < 4.78 is 4.63. The number of esters is 1. The summed E-state index contributed by atoms with van der Waals surface area (Å²) in [5.41, 5.74) is 2.54. The SMILES string of the molecule is COC(=O)c1nccc2c1CNC2. The summed E-state index contributed by atoms with van der Waals surface area (Å²) in [4.78, 5) is 15.3. The lowest BCUT2D eigenvalue weighted by atomic mass is 10.1. The van der Waals surface area contributed by atoms with Crippen LogP contribution in [0.2, 0.25) is 0 Å². The number of ether oxygens (including phenoxy) is 1. The van der Waals surface area contributed by atoms with E-state index in [0.29, 0.717) is 12.2 Å². The highest BCUT2D eigenvalue weighted by Crippen LogP contribution is 2.17. The van der Waals surface area contributed by atoms with Crippen molar-refractivity contribution in [3.63, 3.8) is 0 Å². The molecule has 0 fully saturated rings. The lowest BCUT2D eigenvalue weighted by molar-refractivity contribution is 0.0592. The standard InChI is InChI=1S/C9H10N2O2/c1-13-9(12)8-7-5-10-4-6(7)2-3-11-8/h2-3,10H,4-5H2,1H3. The van der Waals surface area contributed by atoms with Crippen molar-refractivity contribution in [2.45, 2.75) is 13.1 Å². The Hall–Kier alpha value is -1.42. The Labute approximate surface area is 75.9 Å². The van der Waals surface area contributed by atoms with Gasteiger partial charge in [0.15, 0.2) is 5.69 Å². The fraction of sp³-hybridized carbons (Fsp3) is 0.333. The first kappa shape index (κ1) is 8.19. The van der Waals surface area contributed by atoms with Crippen molar-refractivity contribution in [2.75, 3.05) is 7.11 Å². The predicted molar refractivity (Wildman–Crippen MR) is 46.1 cm³/mol. The van der Waals surface area contributed by atoms with Crippen LogP contribution in [0.3, 0.4) is 0 Å². The van der Waals surface area contributed by atoms with Crippen LogP contribution in [-0.2, 0) is 17.8 Å². The Morgan fingerprint density at radius 2 is 2.46 bits per heavy atom. The van der Waals surface area contributed by atoms with Crippen molar-refractivity contribution < 1.29 is 9.53 Å². The van der Waals surface area contributed by atoms with Gasteiger partial charge in [-0.3, -0.25) is 0 Å². The monoisotopic (exact) mass is 178 g/mol. The molecule has 1 aliphatic rings. The molecule has 0 bridgehead atoms. The zero-order valence-corrected chi connectivity index (χ0v) is 7.33. The third-order valence-corrected chi connectivity index (χ3v) is 2.15. The number of rotatable bonds is 1.